The van der Waals surface area contributed by atoms with Crippen molar-refractivity contribution >= 4 is 18.3 Å². The number of hydrogen-bond acceptors (Lipinski definition) is 2. The second-order valence-corrected chi connectivity index (χ2v) is 3.63. The lowest BCUT2D eigenvalue weighted by Crippen LogP contribution is -2.45. The maximum Gasteiger partial charge on any atom is 0.236 e. The predicted molar refractivity (Wildman–Crippen MR) is 56.1 cm³/mol. The summed E-state index contributed by atoms with van der Waals surface area (Å²) < 4.78 is 0. The summed E-state index contributed by atoms with van der Waals surface area (Å²) in [6.45, 7) is 4.05. The van der Waals surface area contributed by atoms with Gasteiger partial charge in [-0.15, -0.1) is 12.4 Å². The fourth-order valence-electron chi connectivity index (χ4n) is 1.42. The fourth-order valence-corrected chi connectivity index (χ4v) is 1.42. The van der Waals surface area contributed by atoms with Crippen molar-refractivity contribution in [2.45, 2.75) is 38.8 Å². The molecule has 1 fully saturated rings. The number of nitrogens with one attached hydrogen (secondary N) is 2. The Morgan fingerprint density at radius 3 is 2.31 bits per heavy atom. The standard InChI is InChI=1S/C9H18N2O.ClH/c1-6(8-4-5-8)11-7(2)9(12)10-3;/h6-8,11H,4-5H2,1-3H3,(H,10,12);1H/t6?,7-;/m1./s1. The Labute approximate surface area is 86.1 Å². The summed E-state index contributed by atoms with van der Waals surface area (Å²) in [7, 11) is 1.67. The molecule has 1 aliphatic carbocycles. The molecule has 2 N–H and O–H groups in total. The molecule has 0 aliphatic heterocycles. The summed E-state index contributed by atoms with van der Waals surface area (Å²) in [5.41, 5.74) is 0. The molecule has 0 bridgehead atoms. The van der Waals surface area contributed by atoms with E-state index in [0.717, 1.165) is 5.92 Å². The van der Waals surface area contributed by atoms with E-state index >= 15 is 0 Å². The van der Waals surface area contributed by atoms with E-state index in [2.05, 4.69) is 17.6 Å². The average Bonchev–Trinajstić information content (AvgIpc) is 2.84. The molecule has 0 aromatic heterocycles. The number of amides is 1. The van der Waals surface area contributed by atoms with Crippen LogP contribution < -0.4 is 10.6 Å². The normalized spacial score (nSPS) is 19.9. The summed E-state index contributed by atoms with van der Waals surface area (Å²) in [5.74, 6) is 0.875. The van der Waals surface area contributed by atoms with Gasteiger partial charge in [-0.2, -0.15) is 0 Å². The van der Waals surface area contributed by atoms with Crippen LogP contribution in [0.4, 0.5) is 0 Å². The summed E-state index contributed by atoms with van der Waals surface area (Å²) in [4.78, 5) is 11.1. The molecule has 1 amide bonds. The molecule has 2 atom stereocenters. The van der Waals surface area contributed by atoms with Crippen LogP contribution in [0, 0.1) is 5.92 Å². The third kappa shape index (κ3) is 3.96. The highest BCUT2D eigenvalue weighted by Crippen LogP contribution is 2.32. The summed E-state index contributed by atoms with van der Waals surface area (Å²) >= 11 is 0. The summed E-state index contributed by atoms with van der Waals surface area (Å²) in [6, 6.07) is 0.419. The van der Waals surface area contributed by atoms with Gasteiger partial charge in [-0.05, 0) is 32.6 Å². The first-order valence-electron chi connectivity index (χ1n) is 4.62. The number of likely N-dealkylation sites (N-methyl/N-ethyl adjacent to an activating group) is 1. The van der Waals surface area contributed by atoms with Crippen molar-refractivity contribution in [2.75, 3.05) is 7.05 Å². The van der Waals surface area contributed by atoms with Gasteiger partial charge in [0.2, 0.25) is 5.91 Å². The lowest BCUT2D eigenvalue weighted by Gasteiger charge is -2.18. The zero-order valence-corrected chi connectivity index (χ0v) is 9.28. The lowest BCUT2D eigenvalue weighted by molar-refractivity contribution is -0.122. The van der Waals surface area contributed by atoms with Gasteiger partial charge < -0.3 is 10.6 Å². The van der Waals surface area contributed by atoms with Gasteiger partial charge >= 0.3 is 0 Å². The minimum Gasteiger partial charge on any atom is -0.358 e. The molecule has 1 unspecified atom stereocenters. The number of hydrogen-bond donors (Lipinski definition) is 2. The predicted octanol–water partition coefficient (Wildman–Crippen LogP) is 0.931. The Morgan fingerprint density at radius 2 is 1.92 bits per heavy atom. The van der Waals surface area contributed by atoms with Crippen molar-refractivity contribution in [3.05, 3.63) is 0 Å². The maximum absolute atomic E-state index is 11.1. The van der Waals surface area contributed by atoms with Gasteiger partial charge in [-0.3, -0.25) is 4.79 Å². The van der Waals surface area contributed by atoms with E-state index in [0.29, 0.717) is 6.04 Å². The molecule has 0 heterocycles. The molecule has 4 heteroatoms. The van der Waals surface area contributed by atoms with Crippen LogP contribution in [0.15, 0.2) is 0 Å². The van der Waals surface area contributed by atoms with E-state index in [-0.39, 0.29) is 24.4 Å². The SMILES string of the molecule is CNC(=O)[C@@H](C)NC(C)C1CC1.Cl. The van der Waals surface area contributed by atoms with Crippen LogP contribution in [0.2, 0.25) is 0 Å². The average molecular weight is 207 g/mol. The van der Waals surface area contributed by atoms with Gasteiger partial charge in [0, 0.05) is 13.1 Å². The first-order valence-corrected chi connectivity index (χ1v) is 4.62. The van der Waals surface area contributed by atoms with Crippen molar-refractivity contribution in [1.82, 2.24) is 10.6 Å². The van der Waals surface area contributed by atoms with Crippen LogP contribution in [0.1, 0.15) is 26.7 Å². The van der Waals surface area contributed by atoms with Gasteiger partial charge in [-0.1, -0.05) is 0 Å². The van der Waals surface area contributed by atoms with E-state index in [9.17, 15) is 4.79 Å². The first kappa shape index (κ1) is 12.7. The Hall–Kier alpha value is -0.280. The highest BCUT2D eigenvalue weighted by atomic mass is 35.5. The molecular weight excluding hydrogens is 188 g/mol. The van der Waals surface area contributed by atoms with Crippen LogP contribution >= 0.6 is 12.4 Å². The van der Waals surface area contributed by atoms with Gasteiger partial charge in [0.1, 0.15) is 0 Å². The topological polar surface area (TPSA) is 41.1 Å². The zero-order valence-electron chi connectivity index (χ0n) is 8.46. The Bertz CT molecular complexity index is 171. The van der Waals surface area contributed by atoms with Crippen LogP contribution in [-0.2, 0) is 4.79 Å². The van der Waals surface area contributed by atoms with Crippen LogP contribution in [-0.4, -0.2) is 25.0 Å². The van der Waals surface area contributed by atoms with Crippen molar-refractivity contribution in [3.63, 3.8) is 0 Å². The van der Waals surface area contributed by atoms with E-state index in [4.69, 9.17) is 0 Å². The molecule has 0 aromatic carbocycles. The van der Waals surface area contributed by atoms with Crippen LogP contribution in [0.5, 0.6) is 0 Å². The molecule has 0 radical (unpaired) electrons. The Morgan fingerprint density at radius 1 is 1.38 bits per heavy atom. The quantitative estimate of drug-likeness (QED) is 0.719. The molecule has 0 saturated heterocycles. The molecule has 13 heavy (non-hydrogen) atoms. The summed E-state index contributed by atoms with van der Waals surface area (Å²) in [5, 5.41) is 5.91. The van der Waals surface area contributed by atoms with E-state index in [1.807, 2.05) is 6.92 Å². The van der Waals surface area contributed by atoms with Crippen molar-refractivity contribution < 1.29 is 4.79 Å². The van der Waals surface area contributed by atoms with Crippen molar-refractivity contribution in [2.24, 2.45) is 5.92 Å². The maximum atomic E-state index is 11.1. The second-order valence-electron chi connectivity index (χ2n) is 3.63. The Balaban J connectivity index is 0.00000144. The third-order valence-corrected chi connectivity index (χ3v) is 2.48. The third-order valence-electron chi connectivity index (χ3n) is 2.48. The smallest absolute Gasteiger partial charge is 0.236 e. The number of carbonyl (C=O) groups excluding carboxylic acids is 1. The summed E-state index contributed by atoms with van der Waals surface area (Å²) in [6.07, 6.45) is 2.63. The lowest BCUT2D eigenvalue weighted by atomic mass is 10.2. The fraction of sp³-hybridized carbons (Fsp3) is 0.889. The molecular formula is C9H19ClN2O. The molecule has 1 rings (SSSR count). The number of halogens is 1. The van der Waals surface area contributed by atoms with Gasteiger partial charge in [0.05, 0.1) is 6.04 Å². The zero-order chi connectivity index (χ0) is 9.14. The van der Waals surface area contributed by atoms with Gasteiger partial charge in [0.25, 0.3) is 0 Å². The van der Waals surface area contributed by atoms with E-state index < -0.39 is 0 Å². The molecule has 0 aromatic rings. The molecule has 1 aliphatic rings. The molecule has 78 valence electrons. The van der Waals surface area contributed by atoms with E-state index in [1.165, 1.54) is 12.8 Å². The van der Waals surface area contributed by atoms with Crippen molar-refractivity contribution in [3.8, 4) is 0 Å². The van der Waals surface area contributed by atoms with Crippen LogP contribution in [0.25, 0.3) is 0 Å². The molecule has 0 spiro atoms. The molecule has 1 saturated carbocycles. The van der Waals surface area contributed by atoms with Gasteiger partial charge in [-0.25, -0.2) is 0 Å². The highest BCUT2D eigenvalue weighted by Gasteiger charge is 2.29. The van der Waals surface area contributed by atoms with Crippen molar-refractivity contribution in [1.29, 1.82) is 0 Å². The largest absolute Gasteiger partial charge is 0.358 e. The first-order chi connectivity index (χ1) is 5.65. The monoisotopic (exact) mass is 206 g/mol. The highest BCUT2D eigenvalue weighted by molar-refractivity contribution is 5.85. The number of rotatable bonds is 4. The van der Waals surface area contributed by atoms with Crippen LogP contribution in [0.3, 0.4) is 0 Å². The minimum atomic E-state index is -0.0643. The number of carbonyl (C=O) groups is 1. The van der Waals surface area contributed by atoms with Gasteiger partial charge in [0.15, 0.2) is 0 Å². The molecule has 3 nitrogen and oxygen atoms in total. The second kappa shape index (κ2) is 5.45. The Kier molecular flexibility index (Phi) is 5.33. The minimum absolute atomic E-state index is 0. The van der Waals surface area contributed by atoms with E-state index in [1.54, 1.807) is 7.05 Å².